The summed E-state index contributed by atoms with van der Waals surface area (Å²) in [5, 5.41) is 9.17. The van der Waals surface area contributed by atoms with Gasteiger partial charge in [-0.2, -0.15) is 4.98 Å². The van der Waals surface area contributed by atoms with Gasteiger partial charge in [0.25, 0.3) is 0 Å². The standard InChI is InChI=1S/C10H13N3O/c1-3-7-13(8-4-2)10-11-6-5-9(14)12-10/h3-6H,1-2,7-8H2,(H,11,12,14). The zero-order valence-corrected chi connectivity index (χ0v) is 7.93. The topological polar surface area (TPSA) is 49.2 Å². The smallest absolute Gasteiger partial charge is 0.229 e. The van der Waals surface area contributed by atoms with E-state index in [0.717, 1.165) is 0 Å². The molecule has 1 heterocycles. The Balaban J connectivity index is 2.85. The van der Waals surface area contributed by atoms with E-state index in [1.807, 2.05) is 4.90 Å². The number of anilines is 1. The van der Waals surface area contributed by atoms with Gasteiger partial charge < -0.3 is 10.0 Å². The summed E-state index contributed by atoms with van der Waals surface area (Å²) in [6, 6.07) is 1.43. The van der Waals surface area contributed by atoms with E-state index in [9.17, 15) is 0 Å². The minimum atomic E-state index is -0.0341. The van der Waals surface area contributed by atoms with Crippen LogP contribution in [0.3, 0.4) is 0 Å². The van der Waals surface area contributed by atoms with Gasteiger partial charge in [-0.15, -0.1) is 13.2 Å². The Bertz CT molecular complexity index is 315. The first kappa shape index (κ1) is 10.2. The minimum absolute atomic E-state index is 0.0341. The van der Waals surface area contributed by atoms with Gasteiger partial charge in [-0.1, -0.05) is 12.2 Å². The summed E-state index contributed by atoms with van der Waals surface area (Å²) < 4.78 is 0. The second kappa shape index (κ2) is 5.01. The van der Waals surface area contributed by atoms with Gasteiger partial charge in [0.05, 0.1) is 0 Å². The number of nitrogens with zero attached hydrogens (tertiary/aromatic N) is 3. The SMILES string of the molecule is C=CCN(CC=C)c1nccc(O)n1. The first-order chi connectivity index (χ1) is 6.77. The molecule has 0 radical (unpaired) electrons. The van der Waals surface area contributed by atoms with E-state index >= 15 is 0 Å². The zero-order valence-electron chi connectivity index (χ0n) is 7.93. The summed E-state index contributed by atoms with van der Waals surface area (Å²) >= 11 is 0. The molecule has 0 aliphatic heterocycles. The molecule has 0 aromatic carbocycles. The molecule has 14 heavy (non-hydrogen) atoms. The van der Waals surface area contributed by atoms with Crippen LogP contribution < -0.4 is 4.90 Å². The molecular weight excluding hydrogens is 178 g/mol. The van der Waals surface area contributed by atoms with Crippen LogP contribution in [0.15, 0.2) is 37.6 Å². The Morgan fingerprint density at radius 3 is 2.50 bits per heavy atom. The average molecular weight is 191 g/mol. The second-order valence-electron chi connectivity index (χ2n) is 2.70. The highest BCUT2D eigenvalue weighted by Crippen LogP contribution is 2.10. The van der Waals surface area contributed by atoms with Gasteiger partial charge in [0.2, 0.25) is 11.8 Å². The average Bonchev–Trinajstić information content (AvgIpc) is 2.17. The summed E-state index contributed by atoms with van der Waals surface area (Å²) in [5.41, 5.74) is 0. The Morgan fingerprint density at radius 2 is 2.00 bits per heavy atom. The third-order valence-corrected chi connectivity index (χ3v) is 1.61. The van der Waals surface area contributed by atoms with Crippen molar-refractivity contribution in [3.05, 3.63) is 37.6 Å². The Labute approximate surface area is 83.2 Å². The van der Waals surface area contributed by atoms with Gasteiger partial charge in [-0.25, -0.2) is 4.98 Å². The van der Waals surface area contributed by atoms with Crippen LogP contribution >= 0.6 is 0 Å². The molecule has 4 nitrogen and oxygen atoms in total. The summed E-state index contributed by atoms with van der Waals surface area (Å²) in [4.78, 5) is 9.77. The number of aromatic hydroxyl groups is 1. The maximum absolute atomic E-state index is 9.17. The molecule has 0 fully saturated rings. The third kappa shape index (κ3) is 2.58. The number of hydrogen-bond donors (Lipinski definition) is 1. The number of rotatable bonds is 5. The van der Waals surface area contributed by atoms with Crippen LogP contribution in [0.5, 0.6) is 5.88 Å². The molecule has 0 saturated carbocycles. The molecule has 1 aromatic rings. The molecular formula is C10H13N3O. The maximum Gasteiger partial charge on any atom is 0.229 e. The van der Waals surface area contributed by atoms with Gasteiger partial charge in [0.15, 0.2) is 0 Å². The highest BCUT2D eigenvalue weighted by atomic mass is 16.3. The fourth-order valence-corrected chi connectivity index (χ4v) is 1.04. The van der Waals surface area contributed by atoms with Crippen LogP contribution in [0, 0.1) is 0 Å². The molecule has 0 amide bonds. The van der Waals surface area contributed by atoms with Gasteiger partial charge in [0, 0.05) is 25.4 Å². The molecule has 0 bridgehead atoms. The molecule has 0 aliphatic carbocycles. The Hall–Kier alpha value is -1.84. The lowest BCUT2D eigenvalue weighted by molar-refractivity contribution is 0.452. The molecule has 0 spiro atoms. The summed E-state index contributed by atoms with van der Waals surface area (Å²) in [5.74, 6) is 0.443. The lowest BCUT2D eigenvalue weighted by Crippen LogP contribution is -2.25. The van der Waals surface area contributed by atoms with Gasteiger partial charge in [0.1, 0.15) is 0 Å². The van der Waals surface area contributed by atoms with E-state index in [0.29, 0.717) is 19.0 Å². The third-order valence-electron chi connectivity index (χ3n) is 1.61. The molecule has 4 heteroatoms. The molecule has 0 atom stereocenters. The van der Waals surface area contributed by atoms with Crippen molar-refractivity contribution >= 4 is 5.95 Å². The zero-order chi connectivity index (χ0) is 10.4. The highest BCUT2D eigenvalue weighted by molar-refractivity contribution is 5.33. The second-order valence-corrected chi connectivity index (χ2v) is 2.70. The predicted octanol–water partition coefficient (Wildman–Crippen LogP) is 1.36. The van der Waals surface area contributed by atoms with E-state index in [2.05, 4.69) is 23.1 Å². The Morgan fingerprint density at radius 1 is 1.36 bits per heavy atom. The van der Waals surface area contributed by atoms with E-state index in [4.69, 9.17) is 5.11 Å². The van der Waals surface area contributed by atoms with Crippen molar-refractivity contribution < 1.29 is 5.11 Å². The van der Waals surface area contributed by atoms with Crippen LogP contribution in [-0.4, -0.2) is 28.2 Å². The van der Waals surface area contributed by atoms with Crippen molar-refractivity contribution in [2.24, 2.45) is 0 Å². The fourth-order valence-electron chi connectivity index (χ4n) is 1.04. The Kier molecular flexibility index (Phi) is 3.67. The summed E-state index contributed by atoms with van der Waals surface area (Å²) in [7, 11) is 0. The number of aromatic nitrogens is 2. The molecule has 0 unspecified atom stereocenters. The lowest BCUT2D eigenvalue weighted by Gasteiger charge is -2.18. The van der Waals surface area contributed by atoms with Crippen molar-refractivity contribution in [3.63, 3.8) is 0 Å². The first-order valence-electron chi connectivity index (χ1n) is 4.26. The van der Waals surface area contributed by atoms with E-state index in [-0.39, 0.29) is 5.88 Å². The van der Waals surface area contributed by atoms with Crippen LogP contribution in [0.2, 0.25) is 0 Å². The molecule has 1 aromatic heterocycles. The minimum Gasteiger partial charge on any atom is -0.493 e. The summed E-state index contributed by atoms with van der Waals surface area (Å²) in [6.45, 7) is 8.51. The van der Waals surface area contributed by atoms with Crippen molar-refractivity contribution in [1.29, 1.82) is 0 Å². The maximum atomic E-state index is 9.17. The molecule has 1 N–H and O–H groups in total. The highest BCUT2D eigenvalue weighted by Gasteiger charge is 2.05. The lowest BCUT2D eigenvalue weighted by atomic mass is 10.4. The van der Waals surface area contributed by atoms with Crippen molar-refractivity contribution in [1.82, 2.24) is 9.97 Å². The molecule has 1 rings (SSSR count). The van der Waals surface area contributed by atoms with Crippen molar-refractivity contribution in [2.75, 3.05) is 18.0 Å². The van der Waals surface area contributed by atoms with E-state index < -0.39 is 0 Å². The van der Waals surface area contributed by atoms with Crippen LogP contribution in [0.4, 0.5) is 5.95 Å². The van der Waals surface area contributed by atoms with Crippen molar-refractivity contribution in [3.8, 4) is 5.88 Å². The van der Waals surface area contributed by atoms with Crippen LogP contribution in [-0.2, 0) is 0 Å². The van der Waals surface area contributed by atoms with Gasteiger partial charge >= 0.3 is 0 Å². The van der Waals surface area contributed by atoms with E-state index in [1.165, 1.54) is 12.3 Å². The van der Waals surface area contributed by atoms with E-state index in [1.54, 1.807) is 12.2 Å². The molecule has 74 valence electrons. The number of hydrogen-bond acceptors (Lipinski definition) is 4. The van der Waals surface area contributed by atoms with Gasteiger partial charge in [-0.3, -0.25) is 0 Å². The van der Waals surface area contributed by atoms with Crippen molar-refractivity contribution in [2.45, 2.75) is 0 Å². The largest absolute Gasteiger partial charge is 0.493 e. The first-order valence-corrected chi connectivity index (χ1v) is 4.26. The summed E-state index contributed by atoms with van der Waals surface area (Å²) in [6.07, 6.45) is 5.00. The quantitative estimate of drug-likeness (QED) is 0.714. The van der Waals surface area contributed by atoms with Gasteiger partial charge in [-0.05, 0) is 0 Å². The molecule has 0 aliphatic rings. The molecule has 0 saturated heterocycles. The monoisotopic (exact) mass is 191 g/mol. The normalized spacial score (nSPS) is 9.43. The van der Waals surface area contributed by atoms with Crippen LogP contribution in [0.25, 0.3) is 0 Å². The fraction of sp³-hybridized carbons (Fsp3) is 0.200. The predicted molar refractivity (Wildman–Crippen MR) is 56.3 cm³/mol. The van der Waals surface area contributed by atoms with Crippen LogP contribution in [0.1, 0.15) is 0 Å².